The fourth-order valence-corrected chi connectivity index (χ4v) is 2.50. The second kappa shape index (κ2) is 5.54. The van der Waals surface area contributed by atoms with Gasteiger partial charge in [0.25, 0.3) is 0 Å². The third kappa shape index (κ3) is 2.77. The van der Waals surface area contributed by atoms with Crippen molar-refractivity contribution in [1.29, 1.82) is 0 Å². The Kier molecular flexibility index (Phi) is 3.99. The third-order valence-corrected chi connectivity index (χ3v) is 3.29. The number of methoxy groups -OCH3 is 1. The van der Waals surface area contributed by atoms with Gasteiger partial charge in [-0.1, -0.05) is 29.4 Å². The van der Waals surface area contributed by atoms with Crippen LogP contribution in [0.5, 0.6) is 0 Å². The maximum atomic E-state index is 11.7. The molecular weight excluding hydrogens is 272 g/mol. The average Bonchev–Trinajstić information content (AvgIpc) is 2.36. The lowest BCUT2D eigenvalue weighted by atomic mass is 10.1. The first-order valence-electron chi connectivity index (χ1n) is 6.20. The molecule has 0 amide bonds. The minimum atomic E-state index is -0.469. The van der Waals surface area contributed by atoms with E-state index < -0.39 is 5.97 Å². The number of H-pyrrole nitrogens is 1. The molecule has 4 nitrogen and oxygen atoms in total. The quantitative estimate of drug-likeness (QED) is 0.678. The summed E-state index contributed by atoms with van der Waals surface area (Å²) in [4.78, 5) is 19.1. The molecule has 0 aliphatic heterocycles. The van der Waals surface area contributed by atoms with Crippen molar-refractivity contribution in [3.8, 4) is 11.4 Å². The van der Waals surface area contributed by atoms with Crippen LogP contribution in [0.2, 0.25) is 0 Å². The van der Waals surface area contributed by atoms with Crippen LogP contribution in [0.3, 0.4) is 0 Å². The van der Waals surface area contributed by atoms with E-state index in [1.165, 1.54) is 7.11 Å². The zero-order valence-corrected chi connectivity index (χ0v) is 12.7. The number of hydrogen-bond donors (Lipinski definition) is 1. The van der Waals surface area contributed by atoms with Gasteiger partial charge in [0.15, 0.2) is 0 Å². The number of carbonyl (C=O) groups excluding carboxylic acids is 1. The van der Waals surface area contributed by atoms with Crippen molar-refractivity contribution in [3.05, 3.63) is 45.2 Å². The van der Waals surface area contributed by atoms with Crippen LogP contribution >= 0.6 is 12.2 Å². The van der Waals surface area contributed by atoms with E-state index in [4.69, 9.17) is 17.0 Å². The van der Waals surface area contributed by atoms with Crippen LogP contribution < -0.4 is 0 Å². The highest BCUT2D eigenvalue weighted by atomic mass is 32.1. The predicted molar refractivity (Wildman–Crippen MR) is 80.4 cm³/mol. The molecule has 0 spiro atoms. The summed E-state index contributed by atoms with van der Waals surface area (Å²) in [5.74, 6) is 0.190. The number of ether oxygens (including phenoxy) is 1. The molecule has 0 atom stereocenters. The highest BCUT2D eigenvalue weighted by Gasteiger charge is 2.15. The maximum Gasteiger partial charge on any atom is 0.342 e. The Balaban J connectivity index is 2.61. The van der Waals surface area contributed by atoms with Crippen LogP contribution in [0.25, 0.3) is 11.4 Å². The average molecular weight is 288 g/mol. The van der Waals surface area contributed by atoms with Crippen LogP contribution in [0.15, 0.2) is 18.2 Å². The summed E-state index contributed by atoms with van der Waals surface area (Å²) < 4.78 is 4.97. The van der Waals surface area contributed by atoms with Gasteiger partial charge in [-0.25, -0.2) is 9.78 Å². The van der Waals surface area contributed by atoms with E-state index in [1.807, 2.05) is 26.0 Å². The van der Waals surface area contributed by atoms with Gasteiger partial charge < -0.3 is 9.72 Å². The van der Waals surface area contributed by atoms with Crippen LogP contribution in [0, 0.1) is 25.4 Å². The molecule has 1 N–H and O–H groups in total. The lowest BCUT2D eigenvalue weighted by Crippen LogP contribution is -2.09. The van der Waals surface area contributed by atoms with E-state index in [1.54, 1.807) is 6.92 Å². The molecule has 0 saturated carbocycles. The molecule has 0 radical (unpaired) electrons. The van der Waals surface area contributed by atoms with Crippen molar-refractivity contribution in [2.45, 2.75) is 20.8 Å². The number of aryl methyl sites for hydroxylation is 3. The number of aromatic amines is 1. The monoisotopic (exact) mass is 288 g/mol. The predicted octanol–water partition coefficient (Wildman–Crippen LogP) is 3.52. The van der Waals surface area contributed by atoms with Crippen molar-refractivity contribution in [1.82, 2.24) is 9.97 Å². The maximum absolute atomic E-state index is 11.7. The summed E-state index contributed by atoms with van der Waals surface area (Å²) in [7, 11) is 1.33. The molecule has 2 rings (SSSR count). The third-order valence-electron chi connectivity index (χ3n) is 2.99. The second-order valence-corrected chi connectivity index (χ2v) is 5.15. The summed E-state index contributed by atoms with van der Waals surface area (Å²) in [5.41, 5.74) is 4.22. The Labute approximate surface area is 122 Å². The highest BCUT2D eigenvalue weighted by Crippen LogP contribution is 2.20. The summed E-state index contributed by atoms with van der Waals surface area (Å²) in [6.07, 6.45) is 0. The van der Waals surface area contributed by atoms with Crippen LogP contribution in [0.1, 0.15) is 27.2 Å². The lowest BCUT2D eigenvalue weighted by Gasteiger charge is -2.09. The Morgan fingerprint density at radius 2 is 1.80 bits per heavy atom. The number of nitrogens with one attached hydrogen (secondary N) is 1. The van der Waals surface area contributed by atoms with E-state index >= 15 is 0 Å². The molecule has 0 fully saturated rings. The summed E-state index contributed by atoms with van der Waals surface area (Å²) in [6, 6.07) is 6.14. The SMILES string of the molecule is COC(=O)c1c(C)[nH]c(-c2cc(C)cc(C)c2)nc1=S. The van der Waals surface area contributed by atoms with Crippen LogP contribution in [-0.4, -0.2) is 23.0 Å². The summed E-state index contributed by atoms with van der Waals surface area (Å²) in [5, 5.41) is 0. The molecule has 20 heavy (non-hydrogen) atoms. The van der Waals surface area contributed by atoms with Gasteiger partial charge >= 0.3 is 5.97 Å². The van der Waals surface area contributed by atoms with Gasteiger partial charge in [0.1, 0.15) is 16.0 Å². The number of nitrogens with zero attached hydrogens (tertiary/aromatic N) is 1. The Morgan fingerprint density at radius 1 is 1.20 bits per heavy atom. The van der Waals surface area contributed by atoms with Gasteiger partial charge in [0.2, 0.25) is 0 Å². The first-order chi connectivity index (χ1) is 9.42. The zero-order chi connectivity index (χ0) is 14.9. The first kappa shape index (κ1) is 14.4. The van der Waals surface area contributed by atoms with Crippen molar-refractivity contribution in [2.75, 3.05) is 7.11 Å². The van der Waals surface area contributed by atoms with E-state index in [0.717, 1.165) is 16.7 Å². The van der Waals surface area contributed by atoms with Crippen molar-refractivity contribution < 1.29 is 9.53 Å². The van der Waals surface area contributed by atoms with E-state index in [2.05, 4.69) is 16.0 Å². The molecule has 1 heterocycles. The molecule has 0 aliphatic rings. The molecule has 0 saturated heterocycles. The molecule has 0 bridgehead atoms. The standard InChI is InChI=1S/C15H16N2O2S/c1-8-5-9(2)7-11(6-8)13-16-10(3)12(14(20)17-13)15(18)19-4/h5-7H,1-4H3,(H,16,17,20). The number of hydrogen-bond acceptors (Lipinski definition) is 4. The molecule has 2 aromatic rings. The van der Waals surface area contributed by atoms with Crippen molar-refractivity contribution >= 4 is 18.2 Å². The Bertz CT molecular complexity index is 715. The van der Waals surface area contributed by atoms with Crippen molar-refractivity contribution in [3.63, 3.8) is 0 Å². The van der Waals surface area contributed by atoms with Gasteiger partial charge in [-0.2, -0.15) is 0 Å². The number of rotatable bonds is 2. The topological polar surface area (TPSA) is 55.0 Å². The number of benzene rings is 1. The van der Waals surface area contributed by atoms with E-state index in [0.29, 0.717) is 17.1 Å². The molecule has 0 aliphatic carbocycles. The molecule has 1 aromatic heterocycles. The molecular formula is C15H16N2O2S. The van der Waals surface area contributed by atoms with Gasteiger partial charge in [-0.05, 0) is 32.9 Å². The highest BCUT2D eigenvalue weighted by molar-refractivity contribution is 7.71. The smallest absolute Gasteiger partial charge is 0.342 e. The van der Waals surface area contributed by atoms with Gasteiger partial charge in [0.05, 0.1) is 7.11 Å². The van der Waals surface area contributed by atoms with Gasteiger partial charge in [0, 0.05) is 11.3 Å². The summed E-state index contributed by atoms with van der Waals surface area (Å²) in [6.45, 7) is 5.84. The fraction of sp³-hybridized carbons (Fsp3) is 0.267. The number of aromatic nitrogens is 2. The van der Waals surface area contributed by atoms with E-state index in [-0.39, 0.29) is 4.64 Å². The van der Waals surface area contributed by atoms with Crippen LogP contribution in [0.4, 0.5) is 0 Å². The number of carbonyl (C=O) groups is 1. The second-order valence-electron chi connectivity index (χ2n) is 4.76. The molecule has 5 heteroatoms. The van der Waals surface area contributed by atoms with Gasteiger partial charge in [-0.3, -0.25) is 0 Å². The summed E-state index contributed by atoms with van der Waals surface area (Å²) >= 11 is 5.20. The van der Waals surface area contributed by atoms with E-state index in [9.17, 15) is 4.79 Å². The molecule has 1 aromatic carbocycles. The minimum Gasteiger partial charge on any atom is -0.465 e. The first-order valence-corrected chi connectivity index (χ1v) is 6.61. The van der Waals surface area contributed by atoms with Crippen LogP contribution in [-0.2, 0) is 4.74 Å². The minimum absolute atomic E-state index is 0.252. The molecule has 104 valence electrons. The molecule has 0 unspecified atom stereocenters. The lowest BCUT2D eigenvalue weighted by molar-refractivity contribution is 0.0598. The Hall–Kier alpha value is -2.01. The largest absolute Gasteiger partial charge is 0.465 e. The normalized spacial score (nSPS) is 10.4. The van der Waals surface area contributed by atoms with Crippen molar-refractivity contribution in [2.24, 2.45) is 0 Å². The van der Waals surface area contributed by atoms with Gasteiger partial charge in [-0.15, -0.1) is 0 Å². The zero-order valence-electron chi connectivity index (χ0n) is 11.9. The Morgan fingerprint density at radius 3 is 2.30 bits per heavy atom. The fourth-order valence-electron chi connectivity index (χ4n) is 2.18. The number of esters is 1.